The van der Waals surface area contributed by atoms with E-state index in [2.05, 4.69) is 0 Å². The van der Waals surface area contributed by atoms with E-state index in [1.165, 1.54) is 0 Å². The molecule has 0 atom stereocenters. The minimum atomic E-state index is 0.194. The zero-order chi connectivity index (χ0) is 6.00. The second-order valence-electron chi connectivity index (χ2n) is 0. The molecule has 3 nitrogen and oxygen atoms in total. The van der Waals surface area contributed by atoms with Crippen LogP contribution in [0.25, 0.3) is 0 Å². The zero-order valence-electron chi connectivity index (χ0n) is 2.57. The fraction of sp³-hybridized carbons (Fsp3) is 0. The van der Waals surface area contributed by atoms with E-state index >= 15 is 0 Å². The molecule has 6 heavy (non-hydrogen) atoms. The summed E-state index contributed by atoms with van der Waals surface area (Å²) in [6, 6.07) is 0. The molecule has 0 saturated carbocycles. The third-order valence-electron chi connectivity index (χ3n) is 0. The van der Waals surface area contributed by atoms with Crippen molar-refractivity contribution in [2.75, 3.05) is 0 Å². The van der Waals surface area contributed by atoms with Crippen LogP contribution in [0.2, 0.25) is 0 Å². The quantitative estimate of drug-likeness (QED) is 0.295. The number of hydrogen-bond acceptors (Lipinski definition) is 3. The van der Waals surface area contributed by atoms with Gasteiger partial charge in [0.1, 0.15) is 0 Å². The second-order valence-corrected chi connectivity index (χ2v) is 0. The van der Waals surface area contributed by atoms with E-state index in [1.54, 1.807) is 0 Å². The zero-order valence-corrected chi connectivity index (χ0v) is 13.0. The molecule has 0 saturated heterocycles. The van der Waals surface area contributed by atoms with Crippen molar-refractivity contribution in [1.29, 1.82) is 0 Å². The maximum absolute atomic E-state index is 8.36. The van der Waals surface area contributed by atoms with Crippen LogP contribution in [0.5, 0.6) is 0 Å². The fourth-order valence-electron chi connectivity index (χ4n) is 0. The molecule has 0 fully saturated rings. The molecule has 0 N–H and O–H groups in total. The summed E-state index contributed by atoms with van der Waals surface area (Å²) in [4.78, 5) is 0. The van der Waals surface area contributed by atoms with Gasteiger partial charge in [-0.1, -0.05) is 0 Å². The minimum absolute atomic E-state index is 0.194. The Morgan fingerprint density at radius 1 is 0.500 bits per heavy atom. The van der Waals surface area contributed by atoms with Crippen molar-refractivity contribution in [1.82, 2.24) is 0 Å². The predicted octanol–water partition coefficient (Wildman–Crippen LogP) is -1.50. The SMILES string of the molecule is [O]=[Bi].[O]=[Bi].[O]=[Bi]. The molecular weight excluding hydrogens is 675 g/mol. The molecule has 0 heterocycles. The molecule has 0 aromatic rings. The van der Waals surface area contributed by atoms with Crippen LogP contribution >= 0.6 is 0 Å². The molecule has 0 unspecified atom stereocenters. The van der Waals surface area contributed by atoms with Gasteiger partial charge < -0.3 is 0 Å². The summed E-state index contributed by atoms with van der Waals surface area (Å²) in [6.07, 6.45) is 0. The third-order valence-corrected chi connectivity index (χ3v) is 0. The molecular formula is Bi3O3. The van der Waals surface area contributed by atoms with Crippen molar-refractivity contribution in [2.45, 2.75) is 0 Å². The van der Waals surface area contributed by atoms with Crippen LogP contribution in [0.1, 0.15) is 0 Å². The summed E-state index contributed by atoms with van der Waals surface area (Å²) in [7, 11) is 0. The van der Waals surface area contributed by atoms with E-state index in [0.717, 1.165) is 0 Å². The van der Waals surface area contributed by atoms with Gasteiger partial charge in [-0.3, -0.25) is 0 Å². The Morgan fingerprint density at radius 3 is 0.500 bits per heavy atom. The molecule has 33 valence electrons. The van der Waals surface area contributed by atoms with Crippen molar-refractivity contribution in [3.05, 3.63) is 0 Å². The first-order valence-corrected chi connectivity index (χ1v) is 4.81. The summed E-state index contributed by atoms with van der Waals surface area (Å²) in [5.41, 5.74) is 0. The summed E-state index contributed by atoms with van der Waals surface area (Å²) in [5, 5.41) is 0. The molecule has 0 aliphatic heterocycles. The van der Waals surface area contributed by atoms with E-state index in [9.17, 15) is 0 Å². The van der Waals surface area contributed by atoms with Crippen LogP contribution in [0.3, 0.4) is 0 Å². The summed E-state index contributed by atoms with van der Waals surface area (Å²) >= 11 is 0.583. The number of hydrogen-bond donors (Lipinski definition) is 0. The van der Waals surface area contributed by atoms with E-state index < -0.39 is 0 Å². The van der Waals surface area contributed by atoms with Gasteiger partial charge in [0, 0.05) is 0 Å². The Labute approximate surface area is 81.1 Å². The normalized spacial score (nSPS) is 2.00. The first kappa shape index (κ1) is 15.7. The monoisotopic (exact) mass is 675 g/mol. The van der Waals surface area contributed by atoms with Crippen LogP contribution < -0.4 is 0 Å². The van der Waals surface area contributed by atoms with Crippen LogP contribution in [-0.2, 0) is 8.44 Å². The maximum atomic E-state index is 8.36. The summed E-state index contributed by atoms with van der Waals surface area (Å²) < 4.78 is 25.1. The van der Waals surface area contributed by atoms with Crippen LogP contribution in [-0.4, -0.2) is 74.2 Å². The molecule has 0 amide bonds. The Hall–Kier alpha value is 2.05. The summed E-state index contributed by atoms with van der Waals surface area (Å²) in [6.45, 7) is 0. The van der Waals surface area contributed by atoms with Gasteiger partial charge in [0.15, 0.2) is 0 Å². The average Bonchev–Trinajstić information content (AvgIpc) is 1.81. The Balaban J connectivity index is -0.0000000225. The molecule has 0 rings (SSSR count). The predicted molar refractivity (Wildman–Crippen MR) is 19.3 cm³/mol. The summed E-state index contributed by atoms with van der Waals surface area (Å²) in [5.74, 6) is 0. The van der Waals surface area contributed by atoms with Crippen LogP contribution in [0.15, 0.2) is 0 Å². The van der Waals surface area contributed by atoms with Crippen LogP contribution in [0, 0.1) is 0 Å². The van der Waals surface area contributed by atoms with E-state index in [4.69, 9.17) is 8.44 Å². The van der Waals surface area contributed by atoms with Gasteiger partial charge in [-0.05, 0) is 0 Å². The van der Waals surface area contributed by atoms with Crippen molar-refractivity contribution in [3.8, 4) is 0 Å². The van der Waals surface area contributed by atoms with Gasteiger partial charge in [0.2, 0.25) is 0 Å². The fourth-order valence-corrected chi connectivity index (χ4v) is 0. The van der Waals surface area contributed by atoms with Crippen molar-refractivity contribution < 1.29 is 8.44 Å². The van der Waals surface area contributed by atoms with Gasteiger partial charge in [-0.25, -0.2) is 0 Å². The second kappa shape index (κ2) is 61.4. The molecule has 0 aliphatic rings. The topological polar surface area (TPSA) is 51.2 Å². The Bertz CT molecular complexity index is 10.8. The van der Waals surface area contributed by atoms with Gasteiger partial charge >= 0.3 is 82.6 Å². The average molecular weight is 675 g/mol. The Kier molecular flexibility index (Phi) is 161. The van der Waals surface area contributed by atoms with Crippen molar-refractivity contribution in [3.63, 3.8) is 0 Å². The molecule has 0 spiro atoms. The molecule has 0 bridgehead atoms. The first-order valence-electron chi connectivity index (χ1n) is 0.548. The molecule has 0 aliphatic carbocycles. The van der Waals surface area contributed by atoms with E-state index in [-0.39, 0.29) is 74.2 Å². The van der Waals surface area contributed by atoms with Gasteiger partial charge in [0.05, 0.1) is 0 Å². The van der Waals surface area contributed by atoms with Crippen molar-refractivity contribution in [2.24, 2.45) is 0 Å². The third kappa shape index (κ3) is 36.7. The molecule has 0 aromatic carbocycles. The van der Waals surface area contributed by atoms with Gasteiger partial charge in [-0.15, -0.1) is 0 Å². The van der Waals surface area contributed by atoms with Crippen LogP contribution in [0.4, 0.5) is 0 Å². The molecule has 6 heteroatoms. The van der Waals surface area contributed by atoms with Gasteiger partial charge in [0.25, 0.3) is 0 Å². The molecule has 3 radical (unpaired) electrons. The van der Waals surface area contributed by atoms with E-state index in [0.29, 0.717) is 0 Å². The van der Waals surface area contributed by atoms with E-state index in [1.807, 2.05) is 0 Å². The first-order chi connectivity index (χ1) is 3.00. The standard InChI is InChI=1S/3Bi.3O. The van der Waals surface area contributed by atoms with Gasteiger partial charge in [-0.2, -0.15) is 0 Å². The number of rotatable bonds is 0. The Morgan fingerprint density at radius 2 is 0.500 bits per heavy atom. The molecule has 0 aromatic heterocycles. The van der Waals surface area contributed by atoms with Crippen molar-refractivity contribution >= 4 is 74.2 Å².